The summed E-state index contributed by atoms with van der Waals surface area (Å²) in [7, 11) is 0. The van der Waals surface area contributed by atoms with Crippen molar-refractivity contribution in [2.45, 2.75) is 20.3 Å². The van der Waals surface area contributed by atoms with E-state index in [1.807, 2.05) is 19.1 Å². The maximum absolute atomic E-state index is 11.7. The number of fused-ring (bicyclic) bond motifs is 1. The minimum Gasteiger partial charge on any atom is -0.296 e. The number of carbonyl (C=O) groups excluding carboxylic acids is 1. The topological polar surface area (TPSA) is 74.8 Å². The van der Waals surface area contributed by atoms with Gasteiger partial charge < -0.3 is 0 Å². The average molecular weight is 231 g/mol. The van der Waals surface area contributed by atoms with E-state index in [9.17, 15) is 9.59 Å². The Balaban J connectivity index is 2.61. The highest BCUT2D eigenvalue weighted by Gasteiger charge is 2.05. The molecule has 88 valence electrons. The molecule has 2 N–H and O–H groups in total. The summed E-state index contributed by atoms with van der Waals surface area (Å²) in [6.07, 6.45) is 0.875. The summed E-state index contributed by atoms with van der Waals surface area (Å²) in [6.45, 7) is 3.40. The second kappa shape index (κ2) is 4.37. The predicted octanol–water partition coefficient (Wildman–Crippen LogP) is 1.44. The van der Waals surface area contributed by atoms with Crippen molar-refractivity contribution < 1.29 is 4.79 Å². The predicted molar refractivity (Wildman–Crippen MR) is 66.0 cm³/mol. The van der Waals surface area contributed by atoms with Crippen molar-refractivity contribution in [2.75, 3.05) is 5.32 Å². The molecule has 0 atom stereocenters. The normalized spacial score (nSPS) is 10.5. The Morgan fingerprint density at radius 1 is 1.47 bits per heavy atom. The van der Waals surface area contributed by atoms with E-state index in [4.69, 9.17) is 0 Å². The fourth-order valence-corrected chi connectivity index (χ4v) is 1.63. The summed E-state index contributed by atoms with van der Waals surface area (Å²) in [5.74, 6) is -0.0811. The Kier molecular flexibility index (Phi) is 2.91. The van der Waals surface area contributed by atoms with E-state index in [0.29, 0.717) is 10.9 Å². The molecule has 1 amide bonds. The third kappa shape index (κ3) is 2.33. The summed E-state index contributed by atoms with van der Waals surface area (Å²) in [4.78, 5) is 29.4. The van der Waals surface area contributed by atoms with Crippen molar-refractivity contribution in [2.24, 2.45) is 0 Å². The third-order valence-corrected chi connectivity index (χ3v) is 2.47. The Morgan fingerprint density at radius 3 is 2.88 bits per heavy atom. The van der Waals surface area contributed by atoms with Crippen molar-refractivity contribution in [1.82, 2.24) is 9.97 Å². The number of rotatable bonds is 2. The molecule has 0 radical (unpaired) electrons. The maximum Gasteiger partial charge on any atom is 0.260 e. The molecular weight excluding hydrogens is 218 g/mol. The van der Waals surface area contributed by atoms with Crippen LogP contribution in [0.15, 0.2) is 23.0 Å². The Hall–Kier alpha value is -2.17. The summed E-state index contributed by atoms with van der Waals surface area (Å²) in [5.41, 5.74) is 1.45. The van der Waals surface area contributed by atoms with Crippen LogP contribution in [0.5, 0.6) is 0 Å². The second-order valence-electron chi connectivity index (χ2n) is 3.80. The summed E-state index contributed by atoms with van der Waals surface area (Å²) in [5, 5.41) is 2.99. The second-order valence-corrected chi connectivity index (χ2v) is 3.80. The van der Waals surface area contributed by atoms with Crippen LogP contribution in [-0.4, -0.2) is 15.9 Å². The highest BCUT2D eigenvalue weighted by molar-refractivity contribution is 5.88. The molecule has 0 aliphatic heterocycles. The zero-order valence-electron chi connectivity index (χ0n) is 9.70. The molecule has 2 aromatic rings. The van der Waals surface area contributed by atoms with Crippen molar-refractivity contribution in [3.05, 3.63) is 34.1 Å². The van der Waals surface area contributed by atoms with Gasteiger partial charge in [-0.2, -0.15) is 0 Å². The fraction of sp³-hybridized carbons (Fsp3) is 0.250. The van der Waals surface area contributed by atoms with E-state index in [1.54, 1.807) is 6.07 Å². The number of aromatic nitrogens is 2. The number of aryl methyl sites for hydroxylation is 1. The zero-order valence-corrected chi connectivity index (χ0v) is 9.70. The Labute approximate surface area is 97.9 Å². The molecule has 0 fully saturated rings. The molecule has 0 aliphatic rings. The van der Waals surface area contributed by atoms with Gasteiger partial charge in [0, 0.05) is 6.92 Å². The third-order valence-electron chi connectivity index (χ3n) is 2.47. The Bertz CT molecular complexity index is 631. The number of aromatic amines is 1. The number of hydrogen-bond acceptors (Lipinski definition) is 3. The first-order valence-corrected chi connectivity index (χ1v) is 5.40. The number of hydrogen-bond donors (Lipinski definition) is 2. The number of H-pyrrole nitrogens is 1. The van der Waals surface area contributed by atoms with Crippen LogP contribution in [0.4, 0.5) is 5.95 Å². The van der Waals surface area contributed by atoms with Gasteiger partial charge in [-0.3, -0.25) is 19.9 Å². The van der Waals surface area contributed by atoms with E-state index in [-0.39, 0.29) is 17.4 Å². The monoisotopic (exact) mass is 231 g/mol. The van der Waals surface area contributed by atoms with Gasteiger partial charge in [0.15, 0.2) is 0 Å². The molecule has 0 unspecified atom stereocenters. The number of nitrogens with one attached hydrogen (secondary N) is 2. The van der Waals surface area contributed by atoms with E-state index in [0.717, 1.165) is 12.0 Å². The molecular formula is C12H13N3O2. The van der Waals surface area contributed by atoms with E-state index in [1.165, 1.54) is 6.92 Å². The van der Waals surface area contributed by atoms with Crippen molar-refractivity contribution in [3.8, 4) is 0 Å². The molecule has 0 bridgehead atoms. The standard InChI is InChI=1S/C12H13N3O2/c1-3-8-4-5-9-10(6-8)14-12(13-7(2)16)15-11(9)17/h4-6H,3H2,1-2H3,(H2,13,14,15,16,17). The Morgan fingerprint density at radius 2 is 2.24 bits per heavy atom. The first-order valence-electron chi connectivity index (χ1n) is 5.40. The molecule has 0 saturated heterocycles. The first kappa shape index (κ1) is 11.3. The largest absolute Gasteiger partial charge is 0.296 e. The number of amides is 1. The highest BCUT2D eigenvalue weighted by atomic mass is 16.1. The van der Waals surface area contributed by atoms with Gasteiger partial charge in [0.25, 0.3) is 5.56 Å². The summed E-state index contributed by atoms with van der Waals surface area (Å²) >= 11 is 0. The van der Waals surface area contributed by atoms with Gasteiger partial charge in [0.1, 0.15) is 0 Å². The SMILES string of the molecule is CCc1ccc2c(=O)[nH]c(NC(C)=O)nc2c1. The van der Waals surface area contributed by atoms with Crippen LogP contribution < -0.4 is 10.9 Å². The molecule has 1 aromatic carbocycles. The molecule has 2 rings (SSSR count). The van der Waals surface area contributed by atoms with Crippen LogP contribution in [0, 0.1) is 0 Å². The van der Waals surface area contributed by atoms with Gasteiger partial charge in [-0.15, -0.1) is 0 Å². The summed E-state index contributed by atoms with van der Waals surface area (Å²) in [6, 6.07) is 5.50. The van der Waals surface area contributed by atoms with E-state index >= 15 is 0 Å². The minimum absolute atomic E-state index is 0.184. The zero-order chi connectivity index (χ0) is 12.4. The van der Waals surface area contributed by atoms with E-state index < -0.39 is 0 Å². The summed E-state index contributed by atoms with van der Waals surface area (Å²) < 4.78 is 0. The van der Waals surface area contributed by atoms with Crippen molar-refractivity contribution in [3.63, 3.8) is 0 Å². The van der Waals surface area contributed by atoms with Gasteiger partial charge in [0.2, 0.25) is 11.9 Å². The molecule has 5 heteroatoms. The van der Waals surface area contributed by atoms with Gasteiger partial charge in [-0.1, -0.05) is 13.0 Å². The van der Waals surface area contributed by atoms with Gasteiger partial charge >= 0.3 is 0 Å². The van der Waals surface area contributed by atoms with Gasteiger partial charge in [0.05, 0.1) is 10.9 Å². The maximum atomic E-state index is 11.7. The average Bonchev–Trinajstić information content (AvgIpc) is 2.27. The fourth-order valence-electron chi connectivity index (χ4n) is 1.63. The van der Waals surface area contributed by atoms with Crippen LogP contribution in [0.3, 0.4) is 0 Å². The van der Waals surface area contributed by atoms with Crippen LogP contribution in [0.1, 0.15) is 19.4 Å². The van der Waals surface area contributed by atoms with Gasteiger partial charge in [-0.25, -0.2) is 4.98 Å². The minimum atomic E-state index is -0.265. The first-order chi connectivity index (χ1) is 8.10. The van der Waals surface area contributed by atoms with E-state index in [2.05, 4.69) is 15.3 Å². The molecule has 1 aromatic heterocycles. The smallest absolute Gasteiger partial charge is 0.260 e. The lowest BCUT2D eigenvalue weighted by Gasteiger charge is -2.04. The molecule has 0 aliphatic carbocycles. The van der Waals surface area contributed by atoms with Gasteiger partial charge in [-0.05, 0) is 24.1 Å². The molecule has 0 spiro atoms. The number of benzene rings is 1. The highest BCUT2D eigenvalue weighted by Crippen LogP contribution is 2.12. The van der Waals surface area contributed by atoms with Crippen LogP contribution >= 0.6 is 0 Å². The quantitative estimate of drug-likeness (QED) is 0.821. The lowest BCUT2D eigenvalue weighted by atomic mass is 10.1. The molecule has 5 nitrogen and oxygen atoms in total. The van der Waals surface area contributed by atoms with Crippen LogP contribution in [0.2, 0.25) is 0 Å². The van der Waals surface area contributed by atoms with Crippen LogP contribution in [0.25, 0.3) is 10.9 Å². The molecule has 0 saturated carbocycles. The lowest BCUT2D eigenvalue weighted by Crippen LogP contribution is -2.16. The van der Waals surface area contributed by atoms with Crippen molar-refractivity contribution >= 4 is 22.8 Å². The number of carbonyl (C=O) groups is 1. The van der Waals surface area contributed by atoms with Crippen molar-refractivity contribution in [1.29, 1.82) is 0 Å². The molecule has 17 heavy (non-hydrogen) atoms. The number of anilines is 1. The van der Waals surface area contributed by atoms with Crippen LogP contribution in [-0.2, 0) is 11.2 Å². The lowest BCUT2D eigenvalue weighted by molar-refractivity contribution is -0.114. The number of nitrogens with zero attached hydrogens (tertiary/aromatic N) is 1. The molecule has 1 heterocycles.